The van der Waals surface area contributed by atoms with Crippen molar-refractivity contribution in [3.05, 3.63) is 0 Å². The number of hydrogen-bond acceptors (Lipinski definition) is 3. The number of rotatable bonds is 0. The SMILES string of the molecule is C1CC2OCCNN2C1. The van der Waals surface area contributed by atoms with Crippen molar-refractivity contribution in [3.8, 4) is 0 Å². The van der Waals surface area contributed by atoms with E-state index in [1.807, 2.05) is 0 Å². The first kappa shape index (κ1) is 5.65. The van der Waals surface area contributed by atoms with Crippen LogP contribution < -0.4 is 5.43 Å². The summed E-state index contributed by atoms with van der Waals surface area (Å²) in [7, 11) is 0. The van der Waals surface area contributed by atoms with E-state index in [4.69, 9.17) is 4.74 Å². The summed E-state index contributed by atoms with van der Waals surface area (Å²) >= 11 is 0. The van der Waals surface area contributed by atoms with E-state index in [0.717, 1.165) is 19.7 Å². The lowest BCUT2D eigenvalue weighted by atomic mass is 10.4. The molecule has 1 unspecified atom stereocenters. The highest BCUT2D eigenvalue weighted by Gasteiger charge is 2.26. The molecule has 0 saturated carbocycles. The molecule has 2 saturated heterocycles. The van der Waals surface area contributed by atoms with Crippen LogP contribution in [0.4, 0.5) is 0 Å². The summed E-state index contributed by atoms with van der Waals surface area (Å²) in [5.41, 5.74) is 3.29. The Labute approximate surface area is 54.9 Å². The van der Waals surface area contributed by atoms with Gasteiger partial charge < -0.3 is 4.74 Å². The first-order valence-corrected chi connectivity index (χ1v) is 3.58. The normalized spacial score (nSPS) is 36.7. The molecule has 1 atom stereocenters. The lowest BCUT2D eigenvalue weighted by Gasteiger charge is -2.29. The van der Waals surface area contributed by atoms with Gasteiger partial charge in [-0.3, -0.25) is 5.43 Å². The van der Waals surface area contributed by atoms with Gasteiger partial charge >= 0.3 is 0 Å². The van der Waals surface area contributed by atoms with Crippen molar-refractivity contribution < 1.29 is 4.74 Å². The van der Waals surface area contributed by atoms with E-state index in [1.165, 1.54) is 12.8 Å². The van der Waals surface area contributed by atoms with E-state index in [1.54, 1.807) is 0 Å². The van der Waals surface area contributed by atoms with Crippen molar-refractivity contribution in [2.45, 2.75) is 19.1 Å². The maximum atomic E-state index is 5.47. The molecule has 2 fully saturated rings. The molecule has 0 bridgehead atoms. The first-order chi connectivity index (χ1) is 4.47. The zero-order valence-electron chi connectivity index (χ0n) is 5.47. The summed E-state index contributed by atoms with van der Waals surface area (Å²) < 4.78 is 5.47. The second kappa shape index (κ2) is 2.25. The van der Waals surface area contributed by atoms with Crippen LogP contribution in [0.3, 0.4) is 0 Å². The maximum absolute atomic E-state index is 5.47. The lowest BCUT2D eigenvalue weighted by molar-refractivity contribution is -0.0974. The second-order valence-corrected chi connectivity index (χ2v) is 2.57. The molecule has 0 aromatic carbocycles. The van der Waals surface area contributed by atoms with Crippen LogP contribution in [0.25, 0.3) is 0 Å². The Morgan fingerprint density at radius 2 is 2.56 bits per heavy atom. The molecule has 3 heteroatoms. The lowest BCUT2D eigenvalue weighted by Crippen LogP contribution is -2.49. The fourth-order valence-electron chi connectivity index (χ4n) is 1.47. The second-order valence-electron chi connectivity index (χ2n) is 2.57. The smallest absolute Gasteiger partial charge is 0.123 e. The average Bonchev–Trinajstić information content (AvgIpc) is 2.33. The molecule has 2 heterocycles. The molecule has 2 rings (SSSR count). The molecule has 2 aliphatic heterocycles. The Bertz CT molecular complexity index is 95.2. The zero-order valence-corrected chi connectivity index (χ0v) is 5.47. The number of hydrogen-bond donors (Lipinski definition) is 1. The van der Waals surface area contributed by atoms with Gasteiger partial charge in [-0.15, -0.1) is 0 Å². The van der Waals surface area contributed by atoms with Crippen molar-refractivity contribution >= 4 is 0 Å². The number of hydrazine groups is 1. The largest absolute Gasteiger partial charge is 0.361 e. The molecule has 0 aromatic rings. The highest BCUT2D eigenvalue weighted by atomic mass is 16.5. The van der Waals surface area contributed by atoms with Crippen LogP contribution >= 0.6 is 0 Å². The Kier molecular flexibility index (Phi) is 1.41. The third-order valence-corrected chi connectivity index (χ3v) is 1.92. The Balaban J connectivity index is 1.97. The predicted octanol–water partition coefficient (Wildman–Crippen LogP) is -0.0569. The highest BCUT2D eigenvalue weighted by molar-refractivity contribution is 4.71. The Morgan fingerprint density at radius 1 is 1.56 bits per heavy atom. The average molecular weight is 128 g/mol. The highest BCUT2D eigenvalue weighted by Crippen LogP contribution is 2.17. The van der Waals surface area contributed by atoms with Crippen LogP contribution in [-0.2, 0) is 4.74 Å². The van der Waals surface area contributed by atoms with Gasteiger partial charge in [0, 0.05) is 13.1 Å². The molecule has 2 aliphatic rings. The topological polar surface area (TPSA) is 24.5 Å². The Hall–Kier alpha value is -0.120. The van der Waals surface area contributed by atoms with Gasteiger partial charge in [0.2, 0.25) is 0 Å². The molecule has 0 spiro atoms. The summed E-state index contributed by atoms with van der Waals surface area (Å²) in [6.07, 6.45) is 2.86. The van der Waals surface area contributed by atoms with Gasteiger partial charge in [-0.1, -0.05) is 0 Å². The van der Waals surface area contributed by atoms with E-state index in [0.29, 0.717) is 6.23 Å². The molecule has 3 nitrogen and oxygen atoms in total. The summed E-state index contributed by atoms with van der Waals surface area (Å²) in [5, 5.41) is 2.20. The van der Waals surface area contributed by atoms with Gasteiger partial charge in [-0.05, 0) is 12.8 Å². The third-order valence-electron chi connectivity index (χ3n) is 1.92. The maximum Gasteiger partial charge on any atom is 0.123 e. The third kappa shape index (κ3) is 0.956. The van der Waals surface area contributed by atoms with Gasteiger partial charge in [0.1, 0.15) is 6.23 Å². The molecule has 1 N–H and O–H groups in total. The zero-order chi connectivity index (χ0) is 6.10. The van der Waals surface area contributed by atoms with Gasteiger partial charge in [0.25, 0.3) is 0 Å². The standard InChI is InChI=1S/C6H12N2O/c1-2-6-8(4-1)7-3-5-9-6/h6-7H,1-5H2. The molecule has 0 radical (unpaired) electrons. The van der Waals surface area contributed by atoms with E-state index in [9.17, 15) is 0 Å². The van der Waals surface area contributed by atoms with Crippen molar-refractivity contribution in [2.24, 2.45) is 0 Å². The van der Waals surface area contributed by atoms with Crippen LogP contribution in [0.1, 0.15) is 12.8 Å². The van der Waals surface area contributed by atoms with Crippen LogP contribution in [0.5, 0.6) is 0 Å². The van der Waals surface area contributed by atoms with Gasteiger partial charge in [0.05, 0.1) is 6.61 Å². The number of nitrogens with one attached hydrogen (secondary N) is 1. The van der Waals surface area contributed by atoms with Crippen LogP contribution in [0.15, 0.2) is 0 Å². The van der Waals surface area contributed by atoms with Crippen LogP contribution in [-0.4, -0.2) is 30.9 Å². The number of nitrogens with zero attached hydrogens (tertiary/aromatic N) is 1. The van der Waals surface area contributed by atoms with Crippen molar-refractivity contribution in [1.29, 1.82) is 0 Å². The molecule has 9 heavy (non-hydrogen) atoms. The molecule has 0 aromatic heterocycles. The number of fused-ring (bicyclic) bond motifs is 1. The van der Waals surface area contributed by atoms with Crippen molar-refractivity contribution in [3.63, 3.8) is 0 Å². The summed E-state index contributed by atoms with van der Waals surface area (Å²) in [5.74, 6) is 0. The first-order valence-electron chi connectivity index (χ1n) is 3.58. The van der Waals surface area contributed by atoms with Crippen LogP contribution in [0, 0.1) is 0 Å². The minimum atomic E-state index is 0.388. The summed E-state index contributed by atoms with van der Waals surface area (Å²) in [6, 6.07) is 0. The van der Waals surface area contributed by atoms with Gasteiger partial charge in [-0.25, -0.2) is 5.01 Å². The fourth-order valence-corrected chi connectivity index (χ4v) is 1.47. The van der Waals surface area contributed by atoms with E-state index in [2.05, 4.69) is 10.4 Å². The quantitative estimate of drug-likeness (QED) is 0.494. The molecule has 52 valence electrons. The number of ether oxygens (including phenoxy) is 1. The summed E-state index contributed by atoms with van der Waals surface area (Å²) in [4.78, 5) is 0. The minimum Gasteiger partial charge on any atom is -0.361 e. The monoisotopic (exact) mass is 128 g/mol. The summed E-state index contributed by atoms with van der Waals surface area (Å²) in [6.45, 7) is 3.02. The van der Waals surface area contributed by atoms with E-state index < -0.39 is 0 Å². The molecule has 0 amide bonds. The predicted molar refractivity (Wildman–Crippen MR) is 33.7 cm³/mol. The molecule has 0 aliphatic carbocycles. The van der Waals surface area contributed by atoms with Crippen molar-refractivity contribution in [1.82, 2.24) is 10.4 Å². The molecular weight excluding hydrogens is 116 g/mol. The fraction of sp³-hybridized carbons (Fsp3) is 1.00. The van der Waals surface area contributed by atoms with Crippen LogP contribution in [0.2, 0.25) is 0 Å². The molecular formula is C6H12N2O. The minimum absolute atomic E-state index is 0.388. The van der Waals surface area contributed by atoms with E-state index in [-0.39, 0.29) is 0 Å². The van der Waals surface area contributed by atoms with E-state index >= 15 is 0 Å². The Morgan fingerprint density at radius 3 is 3.44 bits per heavy atom. The van der Waals surface area contributed by atoms with Gasteiger partial charge in [-0.2, -0.15) is 0 Å². The van der Waals surface area contributed by atoms with Crippen molar-refractivity contribution in [2.75, 3.05) is 19.7 Å². The van der Waals surface area contributed by atoms with Gasteiger partial charge in [0.15, 0.2) is 0 Å².